The van der Waals surface area contributed by atoms with Crippen molar-refractivity contribution in [3.63, 3.8) is 0 Å². The lowest BCUT2D eigenvalue weighted by Gasteiger charge is -2.12. The van der Waals surface area contributed by atoms with Gasteiger partial charge in [-0.1, -0.05) is 13.0 Å². The van der Waals surface area contributed by atoms with E-state index < -0.39 is 0 Å². The quantitative estimate of drug-likeness (QED) is 0.833. The third-order valence-corrected chi connectivity index (χ3v) is 2.95. The first-order valence-corrected chi connectivity index (χ1v) is 6.65. The summed E-state index contributed by atoms with van der Waals surface area (Å²) in [6.45, 7) is 3.75. The van der Waals surface area contributed by atoms with E-state index in [-0.39, 0.29) is 0 Å². The maximum absolute atomic E-state index is 5.80. The molecule has 2 N–H and O–H groups in total. The highest BCUT2D eigenvalue weighted by Crippen LogP contribution is 2.28. The number of hydrogen-bond acceptors (Lipinski definition) is 5. The molecular formula is C14H20N4O2. The molecule has 0 spiro atoms. The maximum Gasteiger partial charge on any atom is 0.164 e. The molecule has 2 aromatic rings. The molecule has 6 nitrogen and oxygen atoms in total. The topological polar surface area (TPSA) is 75.2 Å². The Hall–Kier alpha value is -2.08. The van der Waals surface area contributed by atoms with E-state index in [1.54, 1.807) is 13.4 Å². The molecule has 0 amide bonds. The number of methoxy groups -OCH3 is 1. The fourth-order valence-electron chi connectivity index (χ4n) is 1.90. The Labute approximate surface area is 118 Å². The van der Waals surface area contributed by atoms with E-state index in [2.05, 4.69) is 17.0 Å². The van der Waals surface area contributed by atoms with E-state index in [0.29, 0.717) is 24.7 Å². The van der Waals surface area contributed by atoms with Crippen LogP contribution in [-0.4, -0.2) is 21.9 Å². The number of aryl methyl sites for hydroxylation is 1. The molecule has 0 saturated heterocycles. The summed E-state index contributed by atoms with van der Waals surface area (Å²) < 4.78 is 12.9. The zero-order valence-electron chi connectivity index (χ0n) is 11.9. The molecule has 0 atom stereocenters. The van der Waals surface area contributed by atoms with E-state index in [9.17, 15) is 0 Å². The second-order valence-corrected chi connectivity index (χ2v) is 4.38. The van der Waals surface area contributed by atoms with Crippen molar-refractivity contribution >= 4 is 0 Å². The summed E-state index contributed by atoms with van der Waals surface area (Å²) in [5.41, 5.74) is 6.64. The zero-order valence-corrected chi connectivity index (χ0v) is 11.9. The summed E-state index contributed by atoms with van der Waals surface area (Å²) in [6.07, 6.45) is 2.55. The molecule has 1 aromatic carbocycles. The SMILES string of the molecule is CCCn1ncnc1COc1cc(CN)ccc1OC. The largest absolute Gasteiger partial charge is 0.493 e. The number of ether oxygens (including phenoxy) is 2. The molecule has 0 bridgehead atoms. The van der Waals surface area contributed by atoms with Gasteiger partial charge in [0.1, 0.15) is 12.9 Å². The Kier molecular flexibility index (Phi) is 4.95. The number of aromatic nitrogens is 3. The van der Waals surface area contributed by atoms with Gasteiger partial charge in [0, 0.05) is 13.1 Å². The van der Waals surface area contributed by atoms with Gasteiger partial charge in [-0.3, -0.25) is 0 Å². The minimum atomic E-state index is 0.352. The van der Waals surface area contributed by atoms with Gasteiger partial charge in [0.15, 0.2) is 17.3 Å². The fourth-order valence-corrected chi connectivity index (χ4v) is 1.90. The molecule has 0 aliphatic carbocycles. The van der Waals surface area contributed by atoms with Crippen LogP contribution in [0.1, 0.15) is 24.7 Å². The van der Waals surface area contributed by atoms with Gasteiger partial charge in [-0.2, -0.15) is 5.10 Å². The highest BCUT2D eigenvalue weighted by molar-refractivity contribution is 5.42. The van der Waals surface area contributed by atoms with Crippen LogP contribution in [0.2, 0.25) is 0 Å². The van der Waals surface area contributed by atoms with Crippen molar-refractivity contribution in [3.8, 4) is 11.5 Å². The Morgan fingerprint density at radius 1 is 1.30 bits per heavy atom. The van der Waals surface area contributed by atoms with Crippen LogP contribution in [0.5, 0.6) is 11.5 Å². The van der Waals surface area contributed by atoms with E-state index in [1.807, 2.05) is 22.9 Å². The Bertz CT molecular complexity index is 554. The zero-order chi connectivity index (χ0) is 14.4. The second kappa shape index (κ2) is 6.91. The van der Waals surface area contributed by atoms with E-state index in [0.717, 1.165) is 24.4 Å². The maximum atomic E-state index is 5.80. The molecule has 0 aliphatic heterocycles. The number of benzene rings is 1. The lowest BCUT2D eigenvalue weighted by Crippen LogP contribution is -2.09. The summed E-state index contributed by atoms with van der Waals surface area (Å²) in [4.78, 5) is 4.21. The first-order valence-electron chi connectivity index (χ1n) is 6.65. The second-order valence-electron chi connectivity index (χ2n) is 4.38. The monoisotopic (exact) mass is 276 g/mol. The first-order chi connectivity index (χ1) is 9.78. The average molecular weight is 276 g/mol. The van der Waals surface area contributed by atoms with Crippen LogP contribution in [0.15, 0.2) is 24.5 Å². The molecule has 2 rings (SSSR count). The molecule has 0 saturated carbocycles. The average Bonchev–Trinajstić information content (AvgIpc) is 2.92. The number of nitrogens with two attached hydrogens (primary N) is 1. The van der Waals surface area contributed by atoms with Gasteiger partial charge in [0.25, 0.3) is 0 Å². The molecule has 0 aliphatic rings. The predicted octanol–water partition coefficient (Wildman–Crippen LogP) is 1.73. The highest BCUT2D eigenvalue weighted by Gasteiger charge is 2.09. The summed E-state index contributed by atoms with van der Waals surface area (Å²) in [5, 5.41) is 4.17. The molecule has 20 heavy (non-hydrogen) atoms. The molecule has 0 fully saturated rings. The third kappa shape index (κ3) is 3.27. The van der Waals surface area contributed by atoms with Crippen molar-refractivity contribution in [3.05, 3.63) is 35.9 Å². The van der Waals surface area contributed by atoms with Crippen LogP contribution < -0.4 is 15.2 Å². The van der Waals surface area contributed by atoms with E-state index in [1.165, 1.54) is 0 Å². The van der Waals surface area contributed by atoms with Crippen molar-refractivity contribution in [1.82, 2.24) is 14.8 Å². The molecule has 1 heterocycles. The van der Waals surface area contributed by atoms with E-state index in [4.69, 9.17) is 15.2 Å². The first kappa shape index (κ1) is 14.3. The van der Waals surface area contributed by atoms with Gasteiger partial charge in [-0.15, -0.1) is 0 Å². The lowest BCUT2D eigenvalue weighted by atomic mass is 10.2. The van der Waals surface area contributed by atoms with Crippen molar-refractivity contribution in [2.24, 2.45) is 5.73 Å². The van der Waals surface area contributed by atoms with Crippen LogP contribution in [0, 0.1) is 0 Å². The molecule has 108 valence electrons. The Morgan fingerprint density at radius 2 is 2.15 bits per heavy atom. The normalized spacial score (nSPS) is 10.6. The van der Waals surface area contributed by atoms with Crippen molar-refractivity contribution in [1.29, 1.82) is 0 Å². The molecular weight excluding hydrogens is 256 g/mol. The number of nitrogens with zero attached hydrogens (tertiary/aromatic N) is 3. The Balaban J connectivity index is 2.11. The van der Waals surface area contributed by atoms with Crippen molar-refractivity contribution in [2.75, 3.05) is 7.11 Å². The smallest absolute Gasteiger partial charge is 0.164 e. The van der Waals surface area contributed by atoms with Gasteiger partial charge in [0.05, 0.1) is 7.11 Å². The number of hydrogen-bond donors (Lipinski definition) is 1. The van der Waals surface area contributed by atoms with Gasteiger partial charge in [-0.25, -0.2) is 9.67 Å². The predicted molar refractivity (Wildman–Crippen MR) is 75.5 cm³/mol. The van der Waals surface area contributed by atoms with Crippen LogP contribution >= 0.6 is 0 Å². The Morgan fingerprint density at radius 3 is 2.85 bits per heavy atom. The lowest BCUT2D eigenvalue weighted by molar-refractivity contribution is 0.268. The molecule has 0 unspecified atom stereocenters. The minimum Gasteiger partial charge on any atom is -0.493 e. The summed E-state index contributed by atoms with van der Waals surface area (Å²) in [6, 6.07) is 5.67. The highest BCUT2D eigenvalue weighted by atomic mass is 16.5. The molecule has 1 aromatic heterocycles. The van der Waals surface area contributed by atoms with Crippen LogP contribution in [-0.2, 0) is 19.7 Å². The summed E-state index contributed by atoms with van der Waals surface area (Å²) in [7, 11) is 1.61. The van der Waals surface area contributed by atoms with Crippen molar-refractivity contribution < 1.29 is 9.47 Å². The van der Waals surface area contributed by atoms with Crippen LogP contribution in [0.25, 0.3) is 0 Å². The van der Waals surface area contributed by atoms with E-state index >= 15 is 0 Å². The summed E-state index contributed by atoms with van der Waals surface area (Å²) >= 11 is 0. The molecule has 0 radical (unpaired) electrons. The minimum absolute atomic E-state index is 0.352. The molecule has 6 heteroatoms. The van der Waals surface area contributed by atoms with Gasteiger partial charge < -0.3 is 15.2 Å². The standard InChI is InChI=1S/C14H20N4O2/c1-3-6-18-14(16-10-17-18)9-20-13-7-11(8-15)4-5-12(13)19-2/h4-5,7,10H,3,6,8-9,15H2,1-2H3. The number of rotatable bonds is 7. The fraction of sp³-hybridized carbons (Fsp3) is 0.429. The van der Waals surface area contributed by atoms with Crippen LogP contribution in [0.4, 0.5) is 0 Å². The van der Waals surface area contributed by atoms with Gasteiger partial charge in [-0.05, 0) is 24.1 Å². The summed E-state index contributed by atoms with van der Waals surface area (Å²) in [5.74, 6) is 2.15. The van der Waals surface area contributed by atoms with Gasteiger partial charge in [0.2, 0.25) is 0 Å². The van der Waals surface area contributed by atoms with Crippen LogP contribution in [0.3, 0.4) is 0 Å². The van der Waals surface area contributed by atoms with Crippen molar-refractivity contribution in [2.45, 2.75) is 33.0 Å². The third-order valence-electron chi connectivity index (χ3n) is 2.95. The van der Waals surface area contributed by atoms with Gasteiger partial charge >= 0.3 is 0 Å².